The van der Waals surface area contributed by atoms with Crippen molar-refractivity contribution in [3.05, 3.63) is 60.1 Å². The Hall–Kier alpha value is -2.97. The smallest absolute Gasteiger partial charge is 0.234 e. The van der Waals surface area contributed by atoms with Crippen LogP contribution in [0.2, 0.25) is 5.02 Å². The lowest BCUT2D eigenvalue weighted by molar-refractivity contribution is -0.113. The Morgan fingerprint density at radius 1 is 1.20 bits per heavy atom. The van der Waals surface area contributed by atoms with Crippen LogP contribution >= 0.6 is 23.4 Å². The van der Waals surface area contributed by atoms with Crippen molar-refractivity contribution in [1.82, 2.24) is 14.8 Å². The molecule has 3 rings (SSSR count). The van der Waals surface area contributed by atoms with Crippen LogP contribution in [0.3, 0.4) is 0 Å². The molecule has 9 heteroatoms. The van der Waals surface area contributed by atoms with Gasteiger partial charge in [0.25, 0.3) is 0 Å². The molecule has 0 aliphatic rings. The lowest BCUT2D eigenvalue weighted by Crippen LogP contribution is -2.14. The standard InChI is InChI=1S/C21H21ClN4O3S/c1-4-11-26-20(15-7-5-6-8-17(15)28-2)24-25-21(26)30-13-19(27)23-14-9-10-18(29-3)16(22)12-14/h4-10,12H,1,11,13H2,2-3H3,(H,23,27). The summed E-state index contributed by atoms with van der Waals surface area (Å²) in [6.45, 7) is 4.31. The quantitative estimate of drug-likeness (QED) is 0.386. The third-order valence-electron chi connectivity index (χ3n) is 4.14. The molecule has 2 aromatic carbocycles. The molecule has 0 aliphatic carbocycles. The average molecular weight is 445 g/mol. The molecule has 3 aromatic rings. The Bertz CT molecular complexity index is 1050. The van der Waals surface area contributed by atoms with Gasteiger partial charge in [0.05, 0.1) is 30.6 Å². The van der Waals surface area contributed by atoms with Crippen LogP contribution in [-0.2, 0) is 11.3 Å². The molecule has 0 fully saturated rings. The number of halogens is 1. The number of para-hydroxylation sites is 1. The van der Waals surface area contributed by atoms with Crippen LogP contribution in [0.4, 0.5) is 5.69 Å². The molecule has 0 saturated carbocycles. The second-order valence-corrected chi connectivity index (χ2v) is 7.44. The predicted octanol–water partition coefficient (Wildman–Crippen LogP) is 4.53. The molecule has 0 saturated heterocycles. The van der Waals surface area contributed by atoms with Crippen molar-refractivity contribution in [2.45, 2.75) is 11.7 Å². The van der Waals surface area contributed by atoms with E-state index in [4.69, 9.17) is 21.1 Å². The summed E-state index contributed by atoms with van der Waals surface area (Å²) in [6, 6.07) is 12.6. The molecule has 30 heavy (non-hydrogen) atoms. The van der Waals surface area contributed by atoms with Gasteiger partial charge in [0.2, 0.25) is 5.91 Å². The molecule has 1 N–H and O–H groups in total. The number of amides is 1. The van der Waals surface area contributed by atoms with E-state index in [1.54, 1.807) is 31.4 Å². The first-order chi connectivity index (χ1) is 14.6. The lowest BCUT2D eigenvalue weighted by atomic mass is 10.2. The van der Waals surface area contributed by atoms with Gasteiger partial charge in [-0.15, -0.1) is 16.8 Å². The molecular weight excluding hydrogens is 424 g/mol. The first-order valence-corrected chi connectivity index (χ1v) is 10.4. The van der Waals surface area contributed by atoms with E-state index in [1.807, 2.05) is 28.8 Å². The molecular formula is C21H21ClN4O3S. The number of hydrogen-bond donors (Lipinski definition) is 1. The van der Waals surface area contributed by atoms with Crippen molar-refractivity contribution in [2.75, 3.05) is 25.3 Å². The summed E-state index contributed by atoms with van der Waals surface area (Å²) in [5.41, 5.74) is 1.41. The van der Waals surface area contributed by atoms with Gasteiger partial charge in [-0.3, -0.25) is 9.36 Å². The number of aromatic nitrogens is 3. The fraction of sp³-hybridized carbons (Fsp3) is 0.190. The minimum absolute atomic E-state index is 0.158. The zero-order valence-electron chi connectivity index (χ0n) is 16.6. The largest absolute Gasteiger partial charge is 0.496 e. The van der Waals surface area contributed by atoms with Crippen molar-refractivity contribution < 1.29 is 14.3 Å². The van der Waals surface area contributed by atoms with E-state index in [0.29, 0.717) is 39.7 Å². The Morgan fingerprint density at radius 3 is 2.67 bits per heavy atom. The number of nitrogens with zero attached hydrogens (tertiary/aromatic N) is 3. The number of nitrogens with one attached hydrogen (secondary N) is 1. The molecule has 7 nitrogen and oxygen atoms in total. The fourth-order valence-electron chi connectivity index (χ4n) is 2.79. The first-order valence-electron chi connectivity index (χ1n) is 9.01. The monoisotopic (exact) mass is 444 g/mol. The minimum Gasteiger partial charge on any atom is -0.496 e. The minimum atomic E-state index is -0.187. The summed E-state index contributed by atoms with van der Waals surface area (Å²) in [5.74, 6) is 1.86. The molecule has 0 radical (unpaired) electrons. The molecule has 1 heterocycles. The van der Waals surface area contributed by atoms with Gasteiger partial charge >= 0.3 is 0 Å². The average Bonchev–Trinajstić information content (AvgIpc) is 3.15. The van der Waals surface area contributed by atoms with E-state index in [9.17, 15) is 4.79 Å². The second-order valence-electron chi connectivity index (χ2n) is 6.09. The molecule has 0 bridgehead atoms. The van der Waals surface area contributed by atoms with Gasteiger partial charge in [0.1, 0.15) is 11.5 Å². The molecule has 156 valence electrons. The Balaban J connectivity index is 1.74. The number of hydrogen-bond acceptors (Lipinski definition) is 6. The van der Waals surface area contributed by atoms with Crippen LogP contribution in [0.15, 0.2) is 60.3 Å². The molecule has 1 amide bonds. The van der Waals surface area contributed by atoms with Crippen molar-refractivity contribution in [3.63, 3.8) is 0 Å². The summed E-state index contributed by atoms with van der Waals surface area (Å²) in [6.07, 6.45) is 1.76. The van der Waals surface area contributed by atoms with Crippen LogP contribution in [0.1, 0.15) is 0 Å². The van der Waals surface area contributed by atoms with E-state index in [-0.39, 0.29) is 11.7 Å². The van der Waals surface area contributed by atoms with Crippen LogP contribution < -0.4 is 14.8 Å². The number of carbonyl (C=O) groups excluding carboxylic acids is 1. The van der Waals surface area contributed by atoms with Crippen molar-refractivity contribution in [1.29, 1.82) is 0 Å². The van der Waals surface area contributed by atoms with Crippen molar-refractivity contribution in [3.8, 4) is 22.9 Å². The lowest BCUT2D eigenvalue weighted by Gasteiger charge is -2.11. The third kappa shape index (κ3) is 4.95. The Morgan fingerprint density at radius 2 is 1.97 bits per heavy atom. The maximum absolute atomic E-state index is 12.4. The summed E-state index contributed by atoms with van der Waals surface area (Å²) in [5, 5.41) is 12.4. The van der Waals surface area contributed by atoms with E-state index in [2.05, 4.69) is 22.1 Å². The molecule has 0 atom stereocenters. The van der Waals surface area contributed by atoms with Gasteiger partial charge in [-0.1, -0.05) is 41.6 Å². The number of carbonyl (C=O) groups is 1. The number of ether oxygens (including phenoxy) is 2. The van der Waals surface area contributed by atoms with Gasteiger partial charge in [-0.2, -0.15) is 0 Å². The maximum Gasteiger partial charge on any atom is 0.234 e. The zero-order valence-corrected chi connectivity index (χ0v) is 18.2. The molecule has 0 spiro atoms. The first kappa shape index (κ1) is 21.7. The van der Waals surface area contributed by atoms with Crippen molar-refractivity contribution in [2.24, 2.45) is 0 Å². The highest BCUT2D eigenvalue weighted by molar-refractivity contribution is 7.99. The number of rotatable bonds is 9. The van der Waals surface area contributed by atoms with Crippen molar-refractivity contribution >= 4 is 35.0 Å². The number of methoxy groups -OCH3 is 2. The summed E-state index contributed by atoms with van der Waals surface area (Å²) >= 11 is 7.39. The predicted molar refractivity (Wildman–Crippen MR) is 120 cm³/mol. The normalized spacial score (nSPS) is 10.5. The van der Waals surface area contributed by atoms with E-state index >= 15 is 0 Å². The number of anilines is 1. The number of benzene rings is 2. The fourth-order valence-corrected chi connectivity index (χ4v) is 3.79. The number of allylic oxidation sites excluding steroid dienone is 1. The zero-order chi connectivity index (χ0) is 21.5. The number of thioether (sulfide) groups is 1. The summed E-state index contributed by atoms with van der Waals surface area (Å²) in [4.78, 5) is 12.4. The van der Waals surface area contributed by atoms with Crippen LogP contribution in [-0.4, -0.2) is 40.6 Å². The highest BCUT2D eigenvalue weighted by Gasteiger charge is 2.17. The van der Waals surface area contributed by atoms with Crippen LogP contribution in [0, 0.1) is 0 Å². The van der Waals surface area contributed by atoms with Gasteiger partial charge in [-0.05, 0) is 30.3 Å². The van der Waals surface area contributed by atoms with Gasteiger partial charge in [0, 0.05) is 12.2 Å². The van der Waals surface area contributed by atoms with E-state index < -0.39 is 0 Å². The molecule has 1 aromatic heterocycles. The van der Waals surface area contributed by atoms with Gasteiger partial charge in [0.15, 0.2) is 11.0 Å². The Labute approximate surface area is 184 Å². The summed E-state index contributed by atoms with van der Waals surface area (Å²) in [7, 11) is 3.15. The van der Waals surface area contributed by atoms with Crippen LogP contribution in [0.25, 0.3) is 11.4 Å². The summed E-state index contributed by atoms with van der Waals surface area (Å²) < 4.78 is 12.4. The topological polar surface area (TPSA) is 78.3 Å². The highest BCUT2D eigenvalue weighted by Crippen LogP contribution is 2.31. The van der Waals surface area contributed by atoms with Gasteiger partial charge in [-0.25, -0.2) is 0 Å². The van der Waals surface area contributed by atoms with E-state index in [1.165, 1.54) is 18.9 Å². The third-order valence-corrected chi connectivity index (χ3v) is 5.41. The SMILES string of the molecule is C=CCn1c(SCC(=O)Nc2ccc(OC)c(Cl)c2)nnc1-c1ccccc1OC. The Kier molecular flexibility index (Phi) is 7.37. The molecule has 0 aliphatic heterocycles. The second kappa shape index (κ2) is 10.2. The highest BCUT2D eigenvalue weighted by atomic mass is 35.5. The van der Waals surface area contributed by atoms with Gasteiger partial charge < -0.3 is 14.8 Å². The van der Waals surface area contributed by atoms with E-state index in [0.717, 1.165) is 5.56 Å². The maximum atomic E-state index is 12.4. The van der Waals surface area contributed by atoms with Crippen LogP contribution in [0.5, 0.6) is 11.5 Å². The molecule has 0 unspecified atom stereocenters.